The van der Waals surface area contributed by atoms with E-state index in [1.807, 2.05) is 48.5 Å². The normalized spacial score (nSPS) is 13.5. The zero-order valence-electron chi connectivity index (χ0n) is 16.2. The van der Waals surface area contributed by atoms with Gasteiger partial charge in [0.25, 0.3) is 5.69 Å². The molecule has 0 spiro atoms. The molecular formula is C25H16Br2N2O2. The number of non-ortho nitro benzene ring substituents is 1. The average Bonchev–Trinajstić information content (AvgIpc) is 3.04. The number of benzene rings is 4. The monoisotopic (exact) mass is 534 g/mol. The second-order valence-electron chi connectivity index (χ2n) is 7.56. The molecule has 0 atom stereocenters. The van der Waals surface area contributed by atoms with E-state index in [-0.39, 0.29) is 10.6 Å². The fourth-order valence-corrected chi connectivity index (χ4v) is 5.35. The fraction of sp³-hybridized carbons (Fsp3) is 0.0400. The maximum absolute atomic E-state index is 11.3. The van der Waals surface area contributed by atoms with Gasteiger partial charge >= 0.3 is 0 Å². The first kappa shape index (κ1) is 20.0. The highest BCUT2D eigenvalue weighted by Gasteiger charge is 2.46. The van der Waals surface area contributed by atoms with Crippen molar-refractivity contribution in [1.82, 2.24) is 0 Å². The quantitative estimate of drug-likeness (QED) is 0.153. The van der Waals surface area contributed by atoms with Crippen LogP contribution in [-0.2, 0) is 5.41 Å². The third kappa shape index (κ3) is 3.01. The van der Waals surface area contributed by atoms with Crippen LogP contribution in [0.2, 0.25) is 0 Å². The van der Waals surface area contributed by atoms with Crippen molar-refractivity contribution in [3.8, 4) is 11.1 Å². The average molecular weight is 536 g/mol. The molecule has 0 saturated carbocycles. The predicted octanol–water partition coefficient (Wildman–Crippen LogP) is 7.07. The van der Waals surface area contributed by atoms with Gasteiger partial charge in [0.05, 0.1) is 10.3 Å². The largest absolute Gasteiger partial charge is 0.399 e. The molecule has 0 radical (unpaired) electrons. The molecule has 0 bridgehead atoms. The smallest absolute Gasteiger partial charge is 0.269 e. The second-order valence-corrected chi connectivity index (χ2v) is 9.39. The van der Waals surface area contributed by atoms with Crippen LogP contribution in [0.15, 0.2) is 93.9 Å². The summed E-state index contributed by atoms with van der Waals surface area (Å²) in [7, 11) is 0. The molecule has 0 saturated heterocycles. The van der Waals surface area contributed by atoms with Crippen molar-refractivity contribution < 1.29 is 4.92 Å². The lowest BCUT2D eigenvalue weighted by molar-refractivity contribution is -0.384. The van der Waals surface area contributed by atoms with Crippen molar-refractivity contribution in [2.24, 2.45) is 0 Å². The first-order valence-corrected chi connectivity index (χ1v) is 11.2. The Kier molecular flexibility index (Phi) is 4.72. The lowest BCUT2D eigenvalue weighted by Crippen LogP contribution is -2.28. The zero-order valence-corrected chi connectivity index (χ0v) is 19.4. The number of hydrogen-bond donors (Lipinski definition) is 1. The Hall–Kier alpha value is -2.96. The third-order valence-electron chi connectivity index (χ3n) is 5.92. The predicted molar refractivity (Wildman–Crippen MR) is 130 cm³/mol. The lowest BCUT2D eigenvalue weighted by atomic mass is 9.67. The van der Waals surface area contributed by atoms with E-state index in [4.69, 9.17) is 5.73 Å². The summed E-state index contributed by atoms with van der Waals surface area (Å²) in [6, 6.07) is 27.3. The van der Waals surface area contributed by atoms with Gasteiger partial charge in [-0.15, -0.1) is 0 Å². The van der Waals surface area contributed by atoms with Gasteiger partial charge in [-0.2, -0.15) is 0 Å². The minimum Gasteiger partial charge on any atom is -0.399 e. The van der Waals surface area contributed by atoms with Gasteiger partial charge in [-0.1, -0.05) is 68.3 Å². The minimum absolute atomic E-state index is 0.0677. The van der Waals surface area contributed by atoms with Crippen LogP contribution < -0.4 is 5.73 Å². The van der Waals surface area contributed by atoms with Crippen LogP contribution in [-0.4, -0.2) is 4.92 Å². The summed E-state index contributed by atoms with van der Waals surface area (Å²) in [6.45, 7) is 0. The standard InChI is InChI=1S/C25H16Br2N2O2/c26-17-5-11-21-22-12-6-18(27)14-24(22)25(23(21)13-17,15-1-7-19(28)8-2-15)16-3-9-20(10-4-16)29(30)31/h1-14H,28H2. The van der Waals surface area contributed by atoms with Gasteiger partial charge in [0, 0.05) is 26.8 Å². The molecule has 0 heterocycles. The number of halogens is 2. The molecule has 2 N–H and O–H groups in total. The van der Waals surface area contributed by atoms with Crippen LogP contribution in [0.25, 0.3) is 11.1 Å². The molecule has 4 nitrogen and oxygen atoms in total. The summed E-state index contributed by atoms with van der Waals surface area (Å²) >= 11 is 7.29. The summed E-state index contributed by atoms with van der Waals surface area (Å²) in [5.74, 6) is 0. The minimum atomic E-state index is -0.638. The van der Waals surface area contributed by atoms with Gasteiger partial charge in [-0.3, -0.25) is 10.1 Å². The highest BCUT2D eigenvalue weighted by Crippen LogP contribution is 2.57. The highest BCUT2D eigenvalue weighted by atomic mass is 79.9. The van der Waals surface area contributed by atoms with Crippen LogP contribution >= 0.6 is 31.9 Å². The SMILES string of the molecule is Nc1ccc(C2(c3ccc([N+](=O)[O-])cc3)c3cc(Br)ccc3-c3ccc(Br)cc32)cc1. The van der Waals surface area contributed by atoms with Crippen molar-refractivity contribution in [1.29, 1.82) is 0 Å². The van der Waals surface area contributed by atoms with Crippen LogP contribution in [0.1, 0.15) is 22.3 Å². The summed E-state index contributed by atoms with van der Waals surface area (Å²) in [6.07, 6.45) is 0. The Bertz CT molecular complexity index is 1280. The van der Waals surface area contributed by atoms with E-state index in [1.54, 1.807) is 12.1 Å². The molecule has 5 rings (SSSR count). The molecule has 1 aliphatic rings. The summed E-state index contributed by atoms with van der Waals surface area (Å²) < 4.78 is 1.94. The maximum atomic E-state index is 11.3. The number of nitro benzene ring substituents is 1. The molecule has 31 heavy (non-hydrogen) atoms. The molecule has 152 valence electrons. The molecule has 4 aromatic carbocycles. The first-order valence-electron chi connectivity index (χ1n) is 9.62. The molecule has 6 heteroatoms. The second kappa shape index (κ2) is 7.32. The van der Waals surface area contributed by atoms with Crippen molar-refractivity contribution >= 4 is 43.2 Å². The van der Waals surface area contributed by atoms with Crippen molar-refractivity contribution in [2.75, 3.05) is 5.73 Å². The Morgan fingerprint density at radius 2 is 1.16 bits per heavy atom. The Labute approximate surface area is 196 Å². The van der Waals surface area contributed by atoms with Gasteiger partial charge < -0.3 is 5.73 Å². The Balaban J connectivity index is 1.93. The number of rotatable bonds is 3. The molecule has 1 aliphatic carbocycles. The maximum Gasteiger partial charge on any atom is 0.269 e. The van der Waals surface area contributed by atoms with Crippen molar-refractivity contribution in [2.45, 2.75) is 5.41 Å². The van der Waals surface area contributed by atoms with E-state index < -0.39 is 5.41 Å². The Morgan fingerprint density at radius 3 is 1.61 bits per heavy atom. The highest BCUT2D eigenvalue weighted by molar-refractivity contribution is 9.10. The zero-order chi connectivity index (χ0) is 21.8. The topological polar surface area (TPSA) is 69.2 Å². The molecular weight excluding hydrogens is 520 g/mol. The van der Waals surface area contributed by atoms with Gasteiger partial charge in [0.1, 0.15) is 0 Å². The summed E-state index contributed by atoms with van der Waals surface area (Å²) in [5.41, 5.74) is 12.6. The summed E-state index contributed by atoms with van der Waals surface area (Å²) in [5, 5.41) is 11.3. The fourth-order valence-electron chi connectivity index (χ4n) is 4.62. The van der Waals surface area contributed by atoms with E-state index in [2.05, 4.69) is 56.1 Å². The molecule has 0 fully saturated rings. The molecule has 0 aliphatic heterocycles. The van der Waals surface area contributed by atoms with E-state index >= 15 is 0 Å². The van der Waals surface area contributed by atoms with Crippen LogP contribution in [0, 0.1) is 10.1 Å². The first-order chi connectivity index (χ1) is 14.9. The van der Waals surface area contributed by atoms with Crippen molar-refractivity contribution in [3.05, 3.63) is 126 Å². The number of nitrogen functional groups attached to an aromatic ring is 1. The van der Waals surface area contributed by atoms with Crippen LogP contribution in [0.3, 0.4) is 0 Å². The molecule has 4 aromatic rings. The number of anilines is 1. The number of hydrogen-bond acceptors (Lipinski definition) is 3. The molecule has 0 unspecified atom stereocenters. The van der Waals surface area contributed by atoms with E-state index in [9.17, 15) is 10.1 Å². The van der Waals surface area contributed by atoms with E-state index in [1.165, 1.54) is 0 Å². The van der Waals surface area contributed by atoms with E-state index in [0.29, 0.717) is 5.69 Å². The number of nitro groups is 1. The lowest BCUT2D eigenvalue weighted by Gasteiger charge is -2.34. The van der Waals surface area contributed by atoms with Gasteiger partial charge in [0.2, 0.25) is 0 Å². The molecule has 0 aromatic heterocycles. The van der Waals surface area contributed by atoms with Gasteiger partial charge in [-0.25, -0.2) is 0 Å². The van der Waals surface area contributed by atoms with Gasteiger partial charge in [0.15, 0.2) is 0 Å². The number of nitrogens with zero attached hydrogens (tertiary/aromatic N) is 1. The molecule has 0 amide bonds. The summed E-state index contributed by atoms with van der Waals surface area (Å²) in [4.78, 5) is 10.9. The van der Waals surface area contributed by atoms with E-state index in [0.717, 1.165) is 42.3 Å². The number of nitrogens with two attached hydrogens (primary N) is 1. The van der Waals surface area contributed by atoms with Crippen LogP contribution in [0.5, 0.6) is 0 Å². The van der Waals surface area contributed by atoms with Crippen molar-refractivity contribution in [3.63, 3.8) is 0 Å². The third-order valence-corrected chi connectivity index (χ3v) is 6.90. The van der Waals surface area contributed by atoms with Gasteiger partial charge in [-0.05, 0) is 69.8 Å². The number of fused-ring (bicyclic) bond motifs is 3. The Morgan fingerprint density at radius 1 is 0.710 bits per heavy atom. The van der Waals surface area contributed by atoms with Crippen LogP contribution in [0.4, 0.5) is 11.4 Å².